The molecule has 7 atom stereocenters. The number of carbonyl (C=O) groups is 3. The largest absolute Gasteiger partial charge is 0.506 e. The van der Waals surface area contributed by atoms with E-state index in [1.54, 1.807) is 0 Å². The van der Waals surface area contributed by atoms with Gasteiger partial charge in [-0.3, -0.25) is 9.59 Å². The average Bonchev–Trinajstić information content (AvgIpc) is 3.16. The van der Waals surface area contributed by atoms with E-state index >= 15 is 4.79 Å². The van der Waals surface area contributed by atoms with Crippen LogP contribution < -0.4 is 9.47 Å². The summed E-state index contributed by atoms with van der Waals surface area (Å²) in [7, 11) is 1.46. The molecule has 1 aromatic carbocycles. The highest BCUT2D eigenvalue weighted by Gasteiger charge is 2.85. The Balaban J connectivity index is 1.61. The molecular formula is C39H48O10. The smallest absolute Gasteiger partial charge is 0.333 e. The SMILES string of the molecule is COC1C2C(=O)c3c(O)c4c(c(CC=C(C)C)c3O[C@@]23[C@H]2C[C@@H]1C(=O)[C@]3(CC=C(CO)C(=O)O)OC2(C)C)OC(C)(CCC=C(C)C)C=C4. The van der Waals surface area contributed by atoms with E-state index in [0.717, 1.165) is 12.0 Å². The third-order valence-corrected chi connectivity index (χ3v) is 11.3. The van der Waals surface area contributed by atoms with E-state index in [1.165, 1.54) is 18.8 Å². The molecule has 3 saturated carbocycles. The third-order valence-electron chi connectivity index (χ3n) is 11.3. The van der Waals surface area contributed by atoms with Crippen LogP contribution in [0.2, 0.25) is 0 Å². The lowest BCUT2D eigenvalue weighted by molar-refractivity contribution is -0.224. The molecule has 0 radical (unpaired) electrons. The number of Topliss-reactive ketones (excluding diaryl/α,β-unsaturated/α-hetero) is 2. The number of aliphatic carboxylic acids is 1. The van der Waals surface area contributed by atoms with Crippen molar-refractivity contribution in [2.45, 2.75) is 109 Å². The number of methoxy groups -OCH3 is 1. The predicted octanol–water partition coefficient (Wildman–Crippen LogP) is 5.92. The standard InChI is InChI=1S/C39H48O10/c1-20(2)10-9-15-37(7)16-14-23-29(41)27-30(42)28-33(46-8)25-18-26-36(5,6)49-38(34(25)43,17-13-22(19-40)35(44)45)39(26,28)48-32(27)24(31(23)47-37)12-11-21(3)4/h10-11,13-14,16,25-26,28,33,40-41H,9,12,15,17-19H2,1-8H3,(H,44,45)/t25-,26-,28?,33?,37?,38-,39-/m0/s1. The Kier molecular flexibility index (Phi) is 8.56. The van der Waals surface area contributed by atoms with Crippen molar-refractivity contribution in [3.63, 3.8) is 0 Å². The Bertz CT molecular complexity index is 1740. The lowest BCUT2D eigenvalue weighted by Crippen LogP contribution is -2.80. The van der Waals surface area contributed by atoms with Gasteiger partial charge < -0.3 is 34.3 Å². The van der Waals surface area contributed by atoms with Crippen LogP contribution >= 0.6 is 0 Å². The number of allylic oxidation sites excluding steroid dienone is 4. The number of aliphatic hydroxyl groups is 1. The number of phenols is 1. The van der Waals surface area contributed by atoms with Crippen LogP contribution in [0.4, 0.5) is 0 Å². The van der Waals surface area contributed by atoms with E-state index in [1.807, 2.05) is 66.7 Å². The number of hydrogen-bond donors (Lipinski definition) is 3. The molecule has 0 amide bonds. The molecule has 3 aliphatic heterocycles. The van der Waals surface area contributed by atoms with E-state index in [9.17, 15) is 24.9 Å². The second-order valence-corrected chi connectivity index (χ2v) is 15.5. The zero-order valence-corrected chi connectivity index (χ0v) is 29.6. The maximum atomic E-state index is 15.1. The molecule has 0 aromatic heterocycles. The first-order valence-electron chi connectivity index (χ1n) is 17.1. The van der Waals surface area contributed by atoms with Crippen molar-refractivity contribution in [2.24, 2.45) is 17.8 Å². The number of carboxylic acids is 1. The van der Waals surface area contributed by atoms with Crippen LogP contribution in [0.1, 0.15) is 95.6 Å². The number of ether oxygens (including phenoxy) is 4. The van der Waals surface area contributed by atoms with Crippen LogP contribution in [0.25, 0.3) is 6.08 Å². The van der Waals surface area contributed by atoms with E-state index in [0.29, 0.717) is 36.1 Å². The molecule has 264 valence electrons. The van der Waals surface area contributed by atoms with Gasteiger partial charge in [0.05, 0.1) is 35.4 Å². The number of carboxylic acid groups (broad SMARTS) is 1. The average molecular weight is 677 g/mol. The lowest BCUT2D eigenvalue weighted by atomic mass is 9.45. The lowest BCUT2D eigenvalue weighted by Gasteiger charge is -2.62. The summed E-state index contributed by atoms with van der Waals surface area (Å²) in [6.45, 7) is 13.0. The highest BCUT2D eigenvalue weighted by Crippen LogP contribution is 2.70. The van der Waals surface area contributed by atoms with Crippen molar-refractivity contribution in [1.82, 2.24) is 0 Å². The topological polar surface area (TPSA) is 149 Å². The molecule has 3 heterocycles. The molecule has 7 rings (SSSR count). The molecule has 4 bridgehead atoms. The monoisotopic (exact) mass is 676 g/mol. The summed E-state index contributed by atoms with van der Waals surface area (Å²) in [6.07, 6.45) is 10.2. The number of carbonyl (C=O) groups excluding carboxylic acids is 2. The van der Waals surface area contributed by atoms with Gasteiger partial charge in [0.15, 0.2) is 22.8 Å². The van der Waals surface area contributed by atoms with Crippen molar-refractivity contribution in [3.8, 4) is 17.2 Å². The Hall–Kier alpha value is -3.73. The minimum absolute atomic E-state index is 0.0134. The summed E-state index contributed by atoms with van der Waals surface area (Å²) in [6, 6.07) is 0. The van der Waals surface area contributed by atoms with Gasteiger partial charge in [-0.05, 0) is 86.3 Å². The molecule has 3 unspecified atom stereocenters. The predicted molar refractivity (Wildman–Crippen MR) is 182 cm³/mol. The molecule has 3 aliphatic carbocycles. The summed E-state index contributed by atoms with van der Waals surface area (Å²) in [5, 5.41) is 31.5. The first kappa shape index (κ1) is 35.1. The molecule has 6 aliphatic rings. The number of benzene rings is 1. The first-order chi connectivity index (χ1) is 23.0. The van der Waals surface area contributed by atoms with Crippen LogP contribution in [0, 0.1) is 17.8 Å². The number of rotatable bonds is 10. The van der Waals surface area contributed by atoms with Crippen LogP contribution in [0.3, 0.4) is 0 Å². The van der Waals surface area contributed by atoms with Crippen molar-refractivity contribution in [2.75, 3.05) is 13.7 Å². The van der Waals surface area contributed by atoms with Gasteiger partial charge in [-0.1, -0.05) is 29.4 Å². The Labute approximate surface area is 287 Å². The van der Waals surface area contributed by atoms with E-state index in [-0.39, 0.29) is 34.8 Å². The maximum absolute atomic E-state index is 15.1. The summed E-state index contributed by atoms with van der Waals surface area (Å²) in [5.41, 5.74) is -2.16. The minimum atomic E-state index is -1.77. The van der Waals surface area contributed by atoms with Crippen molar-refractivity contribution in [1.29, 1.82) is 0 Å². The molecule has 10 nitrogen and oxygen atoms in total. The summed E-state index contributed by atoms with van der Waals surface area (Å²) >= 11 is 0. The van der Waals surface area contributed by atoms with Gasteiger partial charge in [0, 0.05) is 30.9 Å². The molecule has 1 aromatic rings. The van der Waals surface area contributed by atoms with Gasteiger partial charge in [-0.15, -0.1) is 0 Å². The fourth-order valence-corrected chi connectivity index (χ4v) is 9.14. The Morgan fingerprint density at radius 2 is 1.73 bits per heavy atom. The van der Waals surface area contributed by atoms with Crippen LogP contribution in [0.15, 0.2) is 41.0 Å². The highest BCUT2D eigenvalue weighted by molar-refractivity contribution is 6.10. The number of fused-ring (bicyclic) bond motifs is 2. The maximum Gasteiger partial charge on any atom is 0.333 e. The van der Waals surface area contributed by atoms with Crippen LogP contribution in [-0.2, 0) is 25.5 Å². The minimum Gasteiger partial charge on any atom is -0.506 e. The van der Waals surface area contributed by atoms with Crippen molar-refractivity contribution < 1.29 is 48.7 Å². The van der Waals surface area contributed by atoms with Gasteiger partial charge in [0.2, 0.25) is 0 Å². The second kappa shape index (κ2) is 12.0. The fourth-order valence-electron chi connectivity index (χ4n) is 9.14. The quantitative estimate of drug-likeness (QED) is 0.202. The van der Waals surface area contributed by atoms with Gasteiger partial charge in [-0.2, -0.15) is 0 Å². The number of hydrogen-bond acceptors (Lipinski definition) is 9. The van der Waals surface area contributed by atoms with Gasteiger partial charge in [-0.25, -0.2) is 4.79 Å². The van der Waals surface area contributed by atoms with Gasteiger partial charge in [0.1, 0.15) is 28.4 Å². The van der Waals surface area contributed by atoms with Crippen LogP contribution in [0.5, 0.6) is 17.2 Å². The molecular weight excluding hydrogens is 628 g/mol. The normalized spacial score (nSPS) is 33.2. The number of aliphatic hydroxyl groups excluding tert-OH is 1. The Morgan fingerprint density at radius 3 is 2.35 bits per heavy atom. The first-order valence-corrected chi connectivity index (χ1v) is 17.1. The van der Waals surface area contributed by atoms with E-state index < -0.39 is 64.6 Å². The zero-order valence-electron chi connectivity index (χ0n) is 29.6. The third kappa shape index (κ3) is 5.04. The van der Waals surface area contributed by atoms with E-state index in [4.69, 9.17) is 18.9 Å². The summed E-state index contributed by atoms with van der Waals surface area (Å²) in [4.78, 5) is 41.7. The molecule has 4 fully saturated rings. The number of ketones is 2. The fraction of sp³-hybridized carbons (Fsp3) is 0.564. The molecule has 10 heteroatoms. The molecule has 3 N–H and O–H groups in total. The number of aromatic hydroxyl groups is 1. The van der Waals surface area contributed by atoms with Crippen molar-refractivity contribution in [3.05, 3.63) is 57.7 Å². The summed E-state index contributed by atoms with van der Waals surface area (Å²) < 4.78 is 26.7. The molecule has 49 heavy (non-hydrogen) atoms. The van der Waals surface area contributed by atoms with Crippen LogP contribution in [-0.4, -0.2) is 75.1 Å². The van der Waals surface area contributed by atoms with Gasteiger partial charge >= 0.3 is 5.97 Å². The Morgan fingerprint density at radius 1 is 1.04 bits per heavy atom. The number of phenolic OH excluding ortho intramolecular Hbond substituents is 1. The zero-order chi connectivity index (χ0) is 35.8. The van der Waals surface area contributed by atoms with Gasteiger partial charge in [0.25, 0.3) is 0 Å². The van der Waals surface area contributed by atoms with E-state index in [2.05, 4.69) is 6.08 Å². The van der Waals surface area contributed by atoms with Crippen molar-refractivity contribution >= 4 is 23.6 Å². The highest BCUT2D eigenvalue weighted by atomic mass is 16.6. The molecule has 1 saturated heterocycles. The second-order valence-electron chi connectivity index (χ2n) is 15.5. The summed E-state index contributed by atoms with van der Waals surface area (Å²) in [5.74, 6) is -4.04. The molecule has 1 spiro atoms.